The number of allylic oxidation sites excluding steroid dienone is 2. The SMILES string of the molecule is O=C1CCCC2=C1C(c1ccccc1Cl)CC(=O)N2c1ccc(Cl)c([N+](=O)[O-])c1. The van der Waals surface area contributed by atoms with Crippen LogP contribution in [0, 0.1) is 10.1 Å². The molecule has 0 aromatic heterocycles. The van der Waals surface area contributed by atoms with Crippen LogP contribution in [0.5, 0.6) is 0 Å². The van der Waals surface area contributed by atoms with E-state index in [1.165, 1.54) is 17.0 Å². The van der Waals surface area contributed by atoms with Gasteiger partial charge in [-0.3, -0.25) is 24.6 Å². The molecular weight excluding hydrogens is 415 g/mol. The molecular formula is C21H16Cl2N2O4. The molecule has 2 aromatic rings. The Balaban J connectivity index is 1.88. The Hall–Kier alpha value is -2.70. The fourth-order valence-electron chi connectivity index (χ4n) is 4.10. The molecule has 29 heavy (non-hydrogen) atoms. The molecule has 0 saturated heterocycles. The highest BCUT2D eigenvalue weighted by atomic mass is 35.5. The van der Waals surface area contributed by atoms with Crippen molar-refractivity contribution in [2.24, 2.45) is 0 Å². The lowest BCUT2D eigenvalue weighted by Gasteiger charge is -2.38. The Bertz CT molecular complexity index is 1080. The number of hydrogen-bond acceptors (Lipinski definition) is 4. The highest BCUT2D eigenvalue weighted by Crippen LogP contribution is 2.45. The zero-order valence-corrected chi connectivity index (χ0v) is 16.7. The summed E-state index contributed by atoms with van der Waals surface area (Å²) >= 11 is 12.3. The highest BCUT2D eigenvalue weighted by Gasteiger charge is 2.40. The standard InChI is InChI=1S/C21H16Cl2N2O4/c22-15-5-2-1-4-13(15)14-11-20(27)24(17-6-3-7-19(26)21(14)17)12-8-9-16(23)18(10-12)25(28)29/h1-2,4-5,8-10,14H,3,6-7,11H2. The number of ketones is 1. The van der Waals surface area contributed by atoms with Crippen LogP contribution in [0.1, 0.15) is 37.2 Å². The highest BCUT2D eigenvalue weighted by molar-refractivity contribution is 6.33. The van der Waals surface area contributed by atoms with Gasteiger partial charge in [0.05, 0.1) is 10.6 Å². The maximum atomic E-state index is 13.2. The maximum absolute atomic E-state index is 13.2. The molecule has 6 nitrogen and oxygen atoms in total. The molecule has 0 N–H and O–H groups in total. The van der Waals surface area contributed by atoms with Gasteiger partial charge in [-0.2, -0.15) is 0 Å². The molecule has 0 saturated carbocycles. The van der Waals surface area contributed by atoms with E-state index in [1.54, 1.807) is 18.2 Å². The molecule has 1 atom stereocenters. The average molecular weight is 431 g/mol. The smallest absolute Gasteiger partial charge is 0.289 e. The first-order valence-corrected chi connectivity index (χ1v) is 9.91. The minimum Gasteiger partial charge on any atom is -0.294 e. The van der Waals surface area contributed by atoms with Crippen molar-refractivity contribution in [3.63, 3.8) is 0 Å². The molecule has 1 heterocycles. The first-order chi connectivity index (χ1) is 13.9. The first kappa shape index (κ1) is 19.6. The number of nitro groups is 1. The van der Waals surface area contributed by atoms with Gasteiger partial charge < -0.3 is 0 Å². The topological polar surface area (TPSA) is 80.5 Å². The second kappa shape index (κ2) is 7.61. The lowest BCUT2D eigenvalue weighted by atomic mass is 9.77. The van der Waals surface area contributed by atoms with E-state index < -0.39 is 10.8 Å². The van der Waals surface area contributed by atoms with Crippen molar-refractivity contribution in [2.45, 2.75) is 31.6 Å². The van der Waals surface area contributed by atoms with E-state index >= 15 is 0 Å². The zero-order chi connectivity index (χ0) is 20.7. The summed E-state index contributed by atoms with van der Waals surface area (Å²) in [6.45, 7) is 0. The number of hydrogen-bond donors (Lipinski definition) is 0. The summed E-state index contributed by atoms with van der Waals surface area (Å²) in [6.07, 6.45) is 1.61. The number of nitrogens with zero attached hydrogens (tertiary/aromatic N) is 2. The fourth-order valence-corrected chi connectivity index (χ4v) is 4.55. The molecule has 4 rings (SSSR count). The summed E-state index contributed by atoms with van der Waals surface area (Å²) in [5.74, 6) is -0.672. The van der Waals surface area contributed by atoms with Gasteiger partial charge in [-0.15, -0.1) is 0 Å². The van der Waals surface area contributed by atoms with Crippen molar-refractivity contribution in [1.29, 1.82) is 0 Å². The molecule has 1 aliphatic heterocycles. The van der Waals surface area contributed by atoms with Gasteiger partial charge in [0, 0.05) is 41.1 Å². The predicted molar refractivity (Wildman–Crippen MR) is 110 cm³/mol. The van der Waals surface area contributed by atoms with Crippen LogP contribution in [0.3, 0.4) is 0 Å². The molecule has 148 valence electrons. The number of halogens is 2. The molecule has 0 radical (unpaired) electrons. The second-order valence-corrected chi connectivity index (χ2v) is 7.85. The monoisotopic (exact) mass is 430 g/mol. The summed E-state index contributed by atoms with van der Waals surface area (Å²) in [6, 6.07) is 11.4. The van der Waals surface area contributed by atoms with Gasteiger partial charge in [0.1, 0.15) is 5.02 Å². The summed E-state index contributed by atoms with van der Waals surface area (Å²) in [5.41, 5.74) is 1.97. The van der Waals surface area contributed by atoms with Gasteiger partial charge in [-0.1, -0.05) is 41.4 Å². The van der Waals surface area contributed by atoms with Crippen LogP contribution in [0.2, 0.25) is 10.0 Å². The third-order valence-electron chi connectivity index (χ3n) is 5.34. The van der Waals surface area contributed by atoms with Crippen LogP contribution in [0.4, 0.5) is 11.4 Å². The number of carbonyl (C=O) groups is 2. The van der Waals surface area contributed by atoms with Crippen LogP contribution < -0.4 is 4.90 Å². The average Bonchev–Trinajstić information content (AvgIpc) is 2.68. The zero-order valence-electron chi connectivity index (χ0n) is 15.2. The molecule has 0 fully saturated rings. The Morgan fingerprint density at radius 2 is 1.79 bits per heavy atom. The van der Waals surface area contributed by atoms with E-state index in [1.807, 2.05) is 12.1 Å². The van der Waals surface area contributed by atoms with Gasteiger partial charge in [0.15, 0.2) is 5.78 Å². The summed E-state index contributed by atoms with van der Waals surface area (Å²) in [5, 5.41) is 11.8. The number of anilines is 1. The number of nitro benzene ring substituents is 1. The van der Waals surface area contributed by atoms with E-state index in [4.69, 9.17) is 23.2 Å². The predicted octanol–water partition coefficient (Wildman–Crippen LogP) is 5.43. The summed E-state index contributed by atoms with van der Waals surface area (Å²) < 4.78 is 0. The first-order valence-electron chi connectivity index (χ1n) is 9.16. The molecule has 2 aromatic carbocycles. The van der Waals surface area contributed by atoms with Crippen LogP contribution in [-0.4, -0.2) is 16.6 Å². The third-order valence-corrected chi connectivity index (χ3v) is 6.00. The Labute approximate surface area is 176 Å². The van der Waals surface area contributed by atoms with Crippen molar-refractivity contribution in [2.75, 3.05) is 4.90 Å². The Kier molecular flexibility index (Phi) is 5.15. The number of carbonyl (C=O) groups excluding carboxylic acids is 2. The second-order valence-electron chi connectivity index (χ2n) is 7.04. The molecule has 2 aliphatic rings. The molecule has 1 amide bonds. The van der Waals surface area contributed by atoms with E-state index in [0.29, 0.717) is 41.2 Å². The van der Waals surface area contributed by atoms with Crippen LogP contribution >= 0.6 is 23.2 Å². The van der Waals surface area contributed by atoms with Crippen LogP contribution in [-0.2, 0) is 9.59 Å². The molecule has 0 bridgehead atoms. The number of rotatable bonds is 3. The number of amides is 1. The van der Waals surface area contributed by atoms with Gasteiger partial charge in [0.25, 0.3) is 5.69 Å². The lowest BCUT2D eigenvalue weighted by Crippen LogP contribution is -2.40. The van der Waals surface area contributed by atoms with Crippen molar-refractivity contribution < 1.29 is 14.5 Å². The van der Waals surface area contributed by atoms with E-state index in [9.17, 15) is 19.7 Å². The van der Waals surface area contributed by atoms with Crippen molar-refractivity contribution in [3.05, 3.63) is 79.5 Å². The normalized spacial score (nSPS) is 19.4. The van der Waals surface area contributed by atoms with Crippen LogP contribution in [0.15, 0.2) is 53.7 Å². The molecule has 0 spiro atoms. The van der Waals surface area contributed by atoms with Gasteiger partial charge in [-0.25, -0.2) is 0 Å². The van der Waals surface area contributed by atoms with Gasteiger partial charge in [-0.05, 0) is 36.6 Å². The number of benzene rings is 2. The van der Waals surface area contributed by atoms with Crippen molar-refractivity contribution in [3.8, 4) is 0 Å². The maximum Gasteiger partial charge on any atom is 0.289 e. The lowest BCUT2D eigenvalue weighted by molar-refractivity contribution is -0.384. The molecule has 1 unspecified atom stereocenters. The Morgan fingerprint density at radius 1 is 1.03 bits per heavy atom. The molecule has 1 aliphatic carbocycles. The van der Waals surface area contributed by atoms with Crippen molar-refractivity contribution >= 4 is 46.3 Å². The fraction of sp³-hybridized carbons (Fsp3) is 0.238. The van der Waals surface area contributed by atoms with E-state index in [0.717, 1.165) is 5.56 Å². The summed E-state index contributed by atoms with van der Waals surface area (Å²) in [4.78, 5) is 38.1. The van der Waals surface area contributed by atoms with E-state index in [2.05, 4.69) is 0 Å². The largest absolute Gasteiger partial charge is 0.294 e. The third kappa shape index (κ3) is 3.43. The van der Waals surface area contributed by atoms with Crippen LogP contribution in [0.25, 0.3) is 0 Å². The number of Topliss-reactive ketones (excluding diaryl/α,β-unsaturated/α-hetero) is 1. The van der Waals surface area contributed by atoms with Crippen molar-refractivity contribution in [1.82, 2.24) is 0 Å². The quantitative estimate of drug-likeness (QED) is 0.480. The minimum absolute atomic E-state index is 0.00826. The molecule has 8 heteroatoms. The minimum atomic E-state index is -0.589. The van der Waals surface area contributed by atoms with Gasteiger partial charge >= 0.3 is 0 Å². The van der Waals surface area contributed by atoms with E-state index in [-0.39, 0.29) is 28.8 Å². The Morgan fingerprint density at radius 3 is 2.52 bits per heavy atom. The van der Waals surface area contributed by atoms with Gasteiger partial charge in [0.2, 0.25) is 5.91 Å². The summed E-state index contributed by atoms with van der Waals surface area (Å²) in [7, 11) is 0.